The maximum Gasteiger partial charge on any atom is 0.134 e. The van der Waals surface area contributed by atoms with Crippen molar-refractivity contribution in [3.05, 3.63) is 11.6 Å². The molecule has 2 aliphatic carbocycles. The summed E-state index contributed by atoms with van der Waals surface area (Å²) in [5, 5.41) is 0. The highest BCUT2D eigenvalue weighted by Crippen LogP contribution is 2.59. The Labute approximate surface area is 73.8 Å². The van der Waals surface area contributed by atoms with Gasteiger partial charge in [0.1, 0.15) is 5.78 Å². The van der Waals surface area contributed by atoms with E-state index in [0.717, 1.165) is 19.3 Å². The van der Waals surface area contributed by atoms with E-state index in [4.69, 9.17) is 0 Å². The van der Waals surface area contributed by atoms with E-state index in [0.29, 0.717) is 5.78 Å². The summed E-state index contributed by atoms with van der Waals surface area (Å²) in [6, 6.07) is 0. The van der Waals surface area contributed by atoms with Gasteiger partial charge in [-0.25, -0.2) is 0 Å². The summed E-state index contributed by atoms with van der Waals surface area (Å²) in [5.41, 5.74) is 1.88. The maximum absolute atomic E-state index is 11.3. The molecule has 0 aromatic carbocycles. The predicted molar refractivity (Wildman–Crippen MR) is 48.8 cm³/mol. The lowest BCUT2D eigenvalue weighted by molar-refractivity contribution is -0.118. The zero-order chi connectivity index (χ0) is 8.98. The molecule has 0 spiro atoms. The Morgan fingerprint density at radius 1 is 1.25 bits per heavy atom. The first-order chi connectivity index (χ1) is 5.45. The van der Waals surface area contributed by atoms with E-state index in [-0.39, 0.29) is 10.8 Å². The Morgan fingerprint density at radius 3 is 2.50 bits per heavy atom. The fraction of sp³-hybridized carbons (Fsp3) is 0.727. The predicted octanol–water partition coefficient (Wildman–Crippen LogP) is 2.71. The Kier molecular flexibility index (Phi) is 1.35. The van der Waals surface area contributed by atoms with Crippen LogP contribution in [0.1, 0.15) is 40.0 Å². The Hall–Kier alpha value is -0.590. The lowest BCUT2D eigenvalue weighted by atomic mass is 9.70. The van der Waals surface area contributed by atoms with Crippen molar-refractivity contribution in [2.24, 2.45) is 10.8 Å². The van der Waals surface area contributed by atoms with Crippen molar-refractivity contribution in [3.8, 4) is 0 Å². The van der Waals surface area contributed by atoms with Gasteiger partial charge in [-0.05, 0) is 24.2 Å². The van der Waals surface area contributed by atoms with E-state index < -0.39 is 0 Å². The highest BCUT2D eigenvalue weighted by Gasteiger charge is 2.53. The van der Waals surface area contributed by atoms with Crippen molar-refractivity contribution in [1.82, 2.24) is 0 Å². The van der Waals surface area contributed by atoms with Crippen LogP contribution in [-0.4, -0.2) is 5.78 Å². The van der Waals surface area contributed by atoms with E-state index in [2.05, 4.69) is 26.8 Å². The lowest BCUT2D eigenvalue weighted by Crippen LogP contribution is -2.25. The minimum atomic E-state index is 0.175. The fourth-order valence-electron chi connectivity index (χ4n) is 3.02. The number of carbonyl (C=O) groups is 1. The summed E-state index contributed by atoms with van der Waals surface area (Å²) in [5.74, 6) is 0.448. The quantitative estimate of drug-likeness (QED) is 0.503. The van der Waals surface area contributed by atoms with Gasteiger partial charge >= 0.3 is 0 Å². The number of ketones is 1. The minimum Gasteiger partial charge on any atom is -0.300 e. The third kappa shape index (κ3) is 0.825. The second-order valence-corrected chi connectivity index (χ2v) is 5.04. The van der Waals surface area contributed by atoms with Gasteiger partial charge in [0, 0.05) is 12.8 Å². The Bertz CT molecular complexity index is 277. The molecule has 1 heteroatoms. The molecular weight excluding hydrogens is 148 g/mol. The first-order valence-corrected chi connectivity index (χ1v) is 4.65. The molecule has 0 aromatic rings. The molecular formula is C11H16O. The summed E-state index contributed by atoms with van der Waals surface area (Å²) in [6.07, 6.45) is 4.99. The molecule has 0 N–H and O–H groups in total. The van der Waals surface area contributed by atoms with Gasteiger partial charge in [0.15, 0.2) is 0 Å². The van der Waals surface area contributed by atoms with E-state index in [1.54, 1.807) is 0 Å². The number of allylic oxidation sites excluding steroid dienone is 2. The number of carbonyl (C=O) groups excluding carboxylic acids is 1. The van der Waals surface area contributed by atoms with Gasteiger partial charge < -0.3 is 0 Å². The SMILES string of the molecule is CC1=CC2(C)CC(=O)CC2(C)C1. The molecule has 0 amide bonds. The van der Waals surface area contributed by atoms with Gasteiger partial charge in [-0.3, -0.25) is 4.79 Å². The molecule has 0 aromatic heterocycles. The zero-order valence-corrected chi connectivity index (χ0v) is 8.11. The molecule has 2 unspecified atom stereocenters. The fourth-order valence-corrected chi connectivity index (χ4v) is 3.02. The number of hydrogen-bond acceptors (Lipinski definition) is 1. The van der Waals surface area contributed by atoms with Crippen molar-refractivity contribution < 1.29 is 4.79 Å². The Morgan fingerprint density at radius 2 is 1.92 bits per heavy atom. The van der Waals surface area contributed by atoms with Crippen LogP contribution in [0.15, 0.2) is 11.6 Å². The van der Waals surface area contributed by atoms with Gasteiger partial charge in [0.2, 0.25) is 0 Å². The van der Waals surface area contributed by atoms with Gasteiger partial charge in [0.25, 0.3) is 0 Å². The third-order valence-corrected chi connectivity index (χ3v) is 3.76. The van der Waals surface area contributed by atoms with Crippen LogP contribution in [0.3, 0.4) is 0 Å². The summed E-state index contributed by atoms with van der Waals surface area (Å²) >= 11 is 0. The maximum atomic E-state index is 11.3. The molecule has 0 aliphatic heterocycles. The molecule has 1 saturated carbocycles. The number of hydrogen-bond donors (Lipinski definition) is 0. The zero-order valence-electron chi connectivity index (χ0n) is 8.11. The van der Waals surface area contributed by atoms with Crippen LogP contribution in [0.25, 0.3) is 0 Å². The molecule has 2 atom stereocenters. The van der Waals surface area contributed by atoms with Crippen molar-refractivity contribution in [1.29, 1.82) is 0 Å². The Balaban J connectivity index is 2.42. The molecule has 12 heavy (non-hydrogen) atoms. The molecule has 0 radical (unpaired) electrons. The average Bonchev–Trinajstić information content (AvgIpc) is 2.09. The first kappa shape index (κ1) is 8.03. The summed E-state index contributed by atoms with van der Waals surface area (Å²) in [7, 11) is 0. The highest BCUT2D eigenvalue weighted by atomic mass is 16.1. The van der Waals surface area contributed by atoms with Gasteiger partial charge in [-0.15, -0.1) is 0 Å². The minimum absolute atomic E-state index is 0.175. The van der Waals surface area contributed by atoms with E-state index in [9.17, 15) is 4.79 Å². The van der Waals surface area contributed by atoms with Gasteiger partial charge in [-0.1, -0.05) is 25.5 Å². The van der Waals surface area contributed by atoms with Gasteiger partial charge in [0.05, 0.1) is 0 Å². The molecule has 2 rings (SSSR count). The lowest BCUT2D eigenvalue weighted by Gasteiger charge is -2.32. The average molecular weight is 164 g/mol. The molecule has 0 saturated heterocycles. The van der Waals surface area contributed by atoms with Crippen molar-refractivity contribution in [2.75, 3.05) is 0 Å². The summed E-state index contributed by atoms with van der Waals surface area (Å²) < 4.78 is 0. The molecule has 2 aliphatic rings. The van der Waals surface area contributed by atoms with Crippen molar-refractivity contribution >= 4 is 5.78 Å². The summed E-state index contributed by atoms with van der Waals surface area (Å²) in [4.78, 5) is 11.3. The number of rotatable bonds is 0. The molecule has 66 valence electrons. The van der Waals surface area contributed by atoms with Crippen LogP contribution in [0.4, 0.5) is 0 Å². The van der Waals surface area contributed by atoms with Crippen LogP contribution in [0.5, 0.6) is 0 Å². The van der Waals surface area contributed by atoms with Crippen molar-refractivity contribution in [3.63, 3.8) is 0 Å². The van der Waals surface area contributed by atoms with Crippen LogP contribution in [-0.2, 0) is 4.79 Å². The monoisotopic (exact) mass is 164 g/mol. The third-order valence-electron chi connectivity index (χ3n) is 3.76. The van der Waals surface area contributed by atoms with E-state index in [1.165, 1.54) is 5.57 Å². The largest absolute Gasteiger partial charge is 0.300 e. The van der Waals surface area contributed by atoms with Gasteiger partial charge in [-0.2, -0.15) is 0 Å². The summed E-state index contributed by atoms with van der Waals surface area (Å²) in [6.45, 7) is 6.67. The standard InChI is InChI=1S/C11H16O/c1-8-4-10(2)6-9(12)7-11(10,3)5-8/h4H,5-7H2,1-3H3. The first-order valence-electron chi connectivity index (χ1n) is 4.65. The van der Waals surface area contributed by atoms with Crippen LogP contribution in [0, 0.1) is 10.8 Å². The second kappa shape index (κ2) is 2.01. The smallest absolute Gasteiger partial charge is 0.134 e. The van der Waals surface area contributed by atoms with E-state index >= 15 is 0 Å². The van der Waals surface area contributed by atoms with Crippen LogP contribution in [0.2, 0.25) is 0 Å². The highest BCUT2D eigenvalue weighted by molar-refractivity contribution is 5.83. The molecule has 0 bridgehead atoms. The number of Topliss-reactive ketones (excluding diaryl/α,β-unsaturated/α-hetero) is 1. The normalized spacial score (nSPS) is 46.2. The molecule has 1 fully saturated rings. The molecule has 0 heterocycles. The van der Waals surface area contributed by atoms with Crippen molar-refractivity contribution in [2.45, 2.75) is 40.0 Å². The van der Waals surface area contributed by atoms with Crippen LogP contribution >= 0.6 is 0 Å². The topological polar surface area (TPSA) is 17.1 Å². The number of fused-ring (bicyclic) bond motifs is 1. The second-order valence-electron chi connectivity index (χ2n) is 5.04. The van der Waals surface area contributed by atoms with Crippen LogP contribution < -0.4 is 0 Å². The molecule has 1 nitrogen and oxygen atoms in total. The van der Waals surface area contributed by atoms with E-state index in [1.807, 2.05) is 0 Å².